The van der Waals surface area contributed by atoms with Gasteiger partial charge in [0.1, 0.15) is 0 Å². The molecule has 0 spiro atoms. The van der Waals surface area contributed by atoms with Crippen molar-refractivity contribution in [3.8, 4) is 0 Å². The Morgan fingerprint density at radius 1 is 1.28 bits per heavy atom. The number of aryl methyl sites for hydroxylation is 1. The maximum Gasteiger partial charge on any atom is 0.191 e. The molecule has 2 heterocycles. The number of hydrogen-bond donors (Lipinski definition) is 1. The fourth-order valence-electron chi connectivity index (χ4n) is 2.08. The van der Waals surface area contributed by atoms with Gasteiger partial charge in [-0.2, -0.15) is 0 Å². The van der Waals surface area contributed by atoms with Crippen LogP contribution in [-0.2, 0) is 13.0 Å². The fraction of sp³-hybridized carbons (Fsp3) is 0.615. The summed E-state index contributed by atoms with van der Waals surface area (Å²) in [7, 11) is 0. The van der Waals surface area contributed by atoms with Gasteiger partial charge >= 0.3 is 0 Å². The first-order valence-corrected chi connectivity index (χ1v) is 7.23. The fourth-order valence-corrected chi connectivity index (χ4v) is 2.96. The van der Waals surface area contributed by atoms with Gasteiger partial charge < -0.3 is 10.6 Å². The van der Waals surface area contributed by atoms with Crippen molar-refractivity contribution < 1.29 is 0 Å². The zero-order chi connectivity index (χ0) is 12.1. The summed E-state index contributed by atoms with van der Waals surface area (Å²) >= 11 is 1.84. The zero-order valence-corrected chi connectivity index (χ0v) is 14.0. The van der Waals surface area contributed by atoms with Crippen molar-refractivity contribution in [2.45, 2.75) is 39.2 Å². The zero-order valence-electron chi connectivity index (χ0n) is 10.9. The second kappa shape index (κ2) is 7.99. The highest BCUT2D eigenvalue weighted by Crippen LogP contribution is 2.18. The molecule has 1 saturated heterocycles. The summed E-state index contributed by atoms with van der Waals surface area (Å²) in [5, 5.41) is 0. The molecule has 2 rings (SSSR count). The molecule has 1 fully saturated rings. The van der Waals surface area contributed by atoms with Crippen LogP contribution in [0.4, 0.5) is 0 Å². The third-order valence-electron chi connectivity index (χ3n) is 3.14. The molecule has 102 valence electrons. The van der Waals surface area contributed by atoms with Gasteiger partial charge in [0.25, 0.3) is 0 Å². The first kappa shape index (κ1) is 15.8. The van der Waals surface area contributed by atoms with Crippen LogP contribution in [-0.4, -0.2) is 23.9 Å². The minimum absolute atomic E-state index is 0. The second-order valence-electron chi connectivity index (χ2n) is 4.44. The number of nitrogens with two attached hydrogens (primary N) is 1. The number of guanidine groups is 1. The molecule has 0 unspecified atom stereocenters. The van der Waals surface area contributed by atoms with Crippen molar-refractivity contribution >= 4 is 41.3 Å². The van der Waals surface area contributed by atoms with Gasteiger partial charge in [-0.25, -0.2) is 4.99 Å². The lowest BCUT2D eigenvalue weighted by Crippen LogP contribution is -2.40. The molecule has 1 aromatic heterocycles. The Balaban J connectivity index is 0.00000162. The summed E-state index contributed by atoms with van der Waals surface area (Å²) in [6.07, 6.45) is 4.93. The number of rotatable bonds is 3. The molecular weight excluding hydrogens is 357 g/mol. The number of halogens is 1. The summed E-state index contributed by atoms with van der Waals surface area (Å²) in [6.45, 7) is 5.05. The minimum atomic E-state index is 0. The van der Waals surface area contributed by atoms with Gasteiger partial charge in [-0.1, -0.05) is 6.92 Å². The lowest BCUT2D eigenvalue weighted by Gasteiger charge is -2.27. The van der Waals surface area contributed by atoms with Gasteiger partial charge in [0.2, 0.25) is 0 Å². The largest absolute Gasteiger partial charge is 0.370 e. The van der Waals surface area contributed by atoms with Crippen molar-refractivity contribution in [3.05, 3.63) is 21.9 Å². The number of hydrogen-bond acceptors (Lipinski definition) is 2. The molecule has 0 bridgehead atoms. The SMILES string of the molecule is CCc1ccc(CN=C(N)N2CCCCC2)s1.I. The highest BCUT2D eigenvalue weighted by Gasteiger charge is 2.11. The molecular formula is C13H22IN3S. The molecule has 0 amide bonds. The molecule has 0 saturated carbocycles. The van der Waals surface area contributed by atoms with Crippen LogP contribution in [0.5, 0.6) is 0 Å². The predicted octanol–water partition coefficient (Wildman–Crippen LogP) is 3.23. The quantitative estimate of drug-likeness (QED) is 0.498. The molecule has 3 nitrogen and oxygen atoms in total. The van der Waals surface area contributed by atoms with Crippen LogP contribution in [0.25, 0.3) is 0 Å². The van der Waals surface area contributed by atoms with Gasteiger partial charge in [-0.05, 0) is 37.8 Å². The van der Waals surface area contributed by atoms with Crippen molar-refractivity contribution in [1.29, 1.82) is 0 Å². The molecule has 0 atom stereocenters. The summed E-state index contributed by atoms with van der Waals surface area (Å²) < 4.78 is 0. The Labute approximate surface area is 130 Å². The normalized spacial score (nSPS) is 16.5. The number of piperidine rings is 1. The van der Waals surface area contributed by atoms with E-state index in [2.05, 4.69) is 28.9 Å². The van der Waals surface area contributed by atoms with E-state index < -0.39 is 0 Å². The lowest BCUT2D eigenvalue weighted by atomic mass is 10.1. The first-order valence-electron chi connectivity index (χ1n) is 6.42. The van der Waals surface area contributed by atoms with E-state index >= 15 is 0 Å². The Morgan fingerprint density at radius 3 is 2.56 bits per heavy atom. The average molecular weight is 379 g/mol. The highest BCUT2D eigenvalue weighted by molar-refractivity contribution is 14.0. The molecule has 2 N–H and O–H groups in total. The highest BCUT2D eigenvalue weighted by atomic mass is 127. The van der Waals surface area contributed by atoms with Crippen LogP contribution >= 0.6 is 35.3 Å². The first-order chi connectivity index (χ1) is 8.29. The molecule has 18 heavy (non-hydrogen) atoms. The van der Waals surface area contributed by atoms with E-state index in [1.54, 1.807) is 0 Å². The molecule has 1 aliphatic heterocycles. The number of aliphatic imine (C=N–C) groups is 1. The smallest absolute Gasteiger partial charge is 0.191 e. The molecule has 1 aromatic rings. The Kier molecular flexibility index (Phi) is 6.99. The van der Waals surface area contributed by atoms with Gasteiger partial charge in [0, 0.05) is 22.8 Å². The van der Waals surface area contributed by atoms with E-state index in [1.165, 1.54) is 29.0 Å². The van der Waals surface area contributed by atoms with Gasteiger partial charge in [-0.3, -0.25) is 0 Å². The summed E-state index contributed by atoms with van der Waals surface area (Å²) in [5.41, 5.74) is 6.02. The molecule has 5 heteroatoms. The molecule has 0 aromatic carbocycles. The van der Waals surface area contributed by atoms with Gasteiger partial charge in [0.05, 0.1) is 6.54 Å². The Hall–Kier alpha value is -0.300. The van der Waals surface area contributed by atoms with E-state index in [0.29, 0.717) is 0 Å². The molecule has 0 aliphatic carbocycles. The number of thiophene rings is 1. The second-order valence-corrected chi connectivity index (χ2v) is 5.70. The third-order valence-corrected chi connectivity index (χ3v) is 4.36. The molecule has 0 radical (unpaired) electrons. The van der Waals surface area contributed by atoms with Crippen molar-refractivity contribution in [3.63, 3.8) is 0 Å². The summed E-state index contributed by atoms with van der Waals surface area (Å²) in [4.78, 5) is 9.43. The number of nitrogens with zero attached hydrogens (tertiary/aromatic N) is 2. The maximum atomic E-state index is 6.02. The van der Waals surface area contributed by atoms with Crippen LogP contribution in [0.15, 0.2) is 17.1 Å². The number of likely N-dealkylation sites (tertiary alicyclic amines) is 1. The van der Waals surface area contributed by atoms with E-state index in [-0.39, 0.29) is 24.0 Å². The van der Waals surface area contributed by atoms with E-state index in [4.69, 9.17) is 5.73 Å². The van der Waals surface area contributed by atoms with Crippen LogP contribution in [0.3, 0.4) is 0 Å². The van der Waals surface area contributed by atoms with E-state index in [9.17, 15) is 0 Å². The van der Waals surface area contributed by atoms with Crippen LogP contribution in [0, 0.1) is 0 Å². The standard InChI is InChI=1S/C13H21N3S.HI/c1-2-11-6-7-12(17-11)10-15-13(14)16-8-4-3-5-9-16;/h6-7H,2-5,8-10H2,1H3,(H2,14,15);1H. The lowest BCUT2D eigenvalue weighted by molar-refractivity contribution is 0.338. The third kappa shape index (κ3) is 4.42. The molecule has 1 aliphatic rings. The van der Waals surface area contributed by atoms with Crippen LogP contribution in [0.1, 0.15) is 35.9 Å². The predicted molar refractivity (Wildman–Crippen MR) is 89.9 cm³/mol. The van der Waals surface area contributed by atoms with E-state index in [0.717, 1.165) is 32.0 Å². The monoisotopic (exact) mass is 379 g/mol. The van der Waals surface area contributed by atoms with Crippen molar-refractivity contribution in [1.82, 2.24) is 4.90 Å². The topological polar surface area (TPSA) is 41.6 Å². The maximum absolute atomic E-state index is 6.02. The minimum Gasteiger partial charge on any atom is -0.370 e. The van der Waals surface area contributed by atoms with E-state index in [1.807, 2.05) is 11.3 Å². The Bertz CT molecular complexity index is 383. The van der Waals surface area contributed by atoms with Crippen LogP contribution < -0.4 is 5.73 Å². The van der Waals surface area contributed by atoms with Crippen molar-refractivity contribution in [2.24, 2.45) is 10.7 Å². The average Bonchev–Trinajstić information content (AvgIpc) is 2.85. The summed E-state index contributed by atoms with van der Waals surface area (Å²) in [6, 6.07) is 4.35. The van der Waals surface area contributed by atoms with Gasteiger partial charge in [-0.15, -0.1) is 35.3 Å². The van der Waals surface area contributed by atoms with Crippen molar-refractivity contribution in [2.75, 3.05) is 13.1 Å². The summed E-state index contributed by atoms with van der Waals surface area (Å²) in [5.74, 6) is 0.719. The van der Waals surface area contributed by atoms with Crippen LogP contribution in [0.2, 0.25) is 0 Å². The van der Waals surface area contributed by atoms with Gasteiger partial charge in [0.15, 0.2) is 5.96 Å². The Morgan fingerprint density at radius 2 is 1.94 bits per heavy atom.